The molecule has 0 saturated carbocycles. The van der Waals surface area contributed by atoms with Gasteiger partial charge in [0.05, 0.1) is 18.1 Å². The van der Waals surface area contributed by atoms with Crippen molar-refractivity contribution in [1.82, 2.24) is 15.2 Å². The summed E-state index contributed by atoms with van der Waals surface area (Å²) in [6.45, 7) is 1.75. The van der Waals surface area contributed by atoms with E-state index in [1.807, 2.05) is 0 Å². The van der Waals surface area contributed by atoms with Crippen molar-refractivity contribution in [2.45, 2.75) is 6.92 Å². The van der Waals surface area contributed by atoms with Crippen LogP contribution in [0.25, 0.3) is 0 Å². The molecule has 0 amide bonds. The molecule has 0 aliphatic carbocycles. The number of nitrogens with zero attached hydrogens (tertiary/aromatic N) is 3. The van der Waals surface area contributed by atoms with Gasteiger partial charge >= 0.3 is 0 Å². The molecule has 6 nitrogen and oxygen atoms in total. The van der Waals surface area contributed by atoms with Gasteiger partial charge in [-0.3, -0.25) is 0 Å². The minimum absolute atomic E-state index is 0.0285. The van der Waals surface area contributed by atoms with Crippen molar-refractivity contribution in [3.8, 4) is 0 Å². The molecular weight excluding hydrogens is 240 g/mol. The second-order valence-corrected chi connectivity index (χ2v) is 5.18. The van der Waals surface area contributed by atoms with Gasteiger partial charge in [-0.05, 0) is 5.92 Å². The van der Waals surface area contributed by atoms with Crippen LogP contribution in [0, 0.1) is 5.92 Å². The summed E-state index contributed by atoms with van der Waals surface area (Å²) in [4.78, 5) is 3.70. The summed E-state index contributed by atoms with van der Waals surface area (Å²) in [5, 5.41) is 7.02. The topological polar surface area (TPSA) is 84.8 Å². The maximum atomic E-state index is 11.5. The zero-order valence-electron chi connectivity index (χ0n) is 8.09. The van der Waals surface area contributed by atoms with Crippen molar-refractivity contribution in [3.63, 3.8) is 0 Å². The second kappa shape index (κ2) is 5.22. The van der Waals surface area contributed by atoms with E-state index in [-0.39, 0.29) is 23.5 Å². The molecule has 1 aromatic heterocycles. The molecule has 1 aromatic rings. The van der Waals surface area contributed by atoms with Crippen LogP contribution < -0.4 is 4.72 Å². The molecule has 0 aliphatic rings. The summed E-state index contributed by atoms with van der Waals surface area (Å²) >= 11 is 5.53. The van der Waals surface area contributed by atoms with Crippen molar-refractivity contribution in [3.05, 3.63) is 12.4 Å². The Labute approximate surface area is 93.1 Å². The minimum Gasteiger partial charge on any atom is -0.250 e. The second-order valence-electron chi connectivity index (χ2n) is 3.11. The van der Waals surface area contributed by atoms with E-state index >= 15 is 0 Å². The zero-order chi connectivity index (χ0) is 11.3. The number of hydrogen-bond acceptors (Lipinski definition) is 5. The smallest absolute Gasteiger partial charge is 0.250 e. The van der Waals surface area contributed by atoms with Crippen LogP contribution in [0.15, 0.2) is 12.4 Å². The summed E-state index contributed by atoms with van der Waals surface area (Å²) in [5.41, 5.74) is 0. The molecule has 0 bridgehead atoms. The molecule has 1 heterocycles. The van der Waals surface area contributed by atoms with Crippen LogP contribution in [-0.2, 0) is 10.0 Å². The third kappa shape index (κ3) is 4.39. The highest BCUT2D eigenvalue weighted by Gasteiger charge is 2.16. The first kappa shape index (κ1) is 12.1. The van der Waals surface area contributed by atoms with Crippen LogP contribution >= 0.6 is 11.6 Å². The first-order chi connectivity index (χ1) is 7.03. The van der Waals surface area contributed by atoms with Gasteiger partial charge in [0.25, 0.3) is 5.95 Å². The lowest BCUT2D eigenvalue weighted by atomic mass is 10.3. The van der Waals surface area contributed by atoms with Gasteiger partial charge < -0.3 is 0 Å². The largest absolute Gasteiger partial charge is 0.256 e. The van der Waals surface area contributed by atoms with Gasteiger partial charge in [-0.25, -0.2) is 18.1 Å². The molecule has 1 rings (SSSR count). The normalized spacial score (nSPS) is 13.5. The summed E-state index contributed by atoms with van der Waals surface area (Å²) < 4.78 is 25.2. The standard InChI is InChI=1S/C7H11ClN4O2S/c1-6(4-8)5-15(13,14)12-7-9-2-3-10-11-7/h2-3,6H,4-5H2,1H3,(H,9,11,12). The average Bonchev–Trinajstić information content (AvgIpc) is 2.17. The quantitative estimate of drug-likeness (QED) is 0.769. The number of nitrogens with one attached hydrogen (secondary N) is 1. The number of alkyl halides is 1. The van der Waals surface area contributed by atoms with E-state index in [1.165, 1.54) is 12.4 Å². The van der Waals surface area contributed by atoms with Gasteiger partial charge in [-0.1, -0.05) is 6.92 Å². The molecule has 84 valence electrons. The molecule has 1 atom stereocenters. The molecule has 0 fully saturated rings. The maximum absolute atomic E-state index is 11.5. The SMILES string of the molecule is CC(CCl)CS(=O)(=O)Nc1nccnn1. The Bertz CT molecular complexity index is 397. The molecule has 0 spiro atoms. The number of sulfonamides is 1. The van der Waals surface area contributed by atoms with Crippen molar-refractivity contribution >= 4 is 27.6 Å². The Morgan fingerprint density at radius 2 is 2.27 bits per heavy atom. The van der Waals surface area contributed by atoms with E-state index in [0.29, 0.717) is 0 Å². The van der Waals surface area contributed by atoms with E-state index in [9.17, 15) is 8.42 Å². The third-order valence-electron chi connectivity index (χ3n) is 1.50. The zero-order valence-corrected chi connectivity index (χ0v) is 9.66. The lowest BCUT2D eigenvalue weighted by molar-refractivity contribution is 0.588. The number of anilines is 1. The lowest BCUT2D eigenvalue weighted by Crippen LogP contribution is -2.23. The predicted molar refractivity (Wildman–Crippen MR) is 57.1 cm³/mol. The highest BCUT2D eigenvalue weighted by molar-refractivity contribution is 7.92. The van der Waals surface area contributed by atoms with Crippen LogP contribution in [0.1, 0.15) is 6.92 Å². The van der Waals surface area contributed by atoms with Crippen LogP contribution in [-0.4, -0.2) is 35.2 Å². The van der Waals surface area contributed by atoms with Crippen LogP contribution in [0.3, 0.4) is 0 Å². The molecule has 0 saturated heterocycles. The average molecular weight is 251 g/mol. The summed E-state index contributed by atoms with van der Waals surface area (Å²) in [6, 6.07) is 0. The van der Waals surface area contributed by atoms with Crippen molar-refractivity contribution < 1.29 is 8.42 Å². The van der Waals surface area contributed by atoms with Crippen molar-refractivity contribution in [2.75, 3.05) is 16.4 Å². The van der Waals surface area contributed by atoms with Gasteiger partial charge in [0.1, 0.15) is 0 Å². The molecule has 15 heavy (non-hydrogen) atoms. The minimum atomic E-state index is -3.45. The predicted octanol–water partition coefficient (Wildman–Crippen LogP) is 0.488. The summed E-state index contributed by atoms with van der Waals surface area (Å²) in [7, 11) is -3.45. The monoisotopic (exact) mass is 250 g/mol. The Kier molecular flexibility index (Phi) is 4.22. The van der Waals surface area contributed by atoms with Crippen LogP contribution in [0.4, 0.5) is 5.95 Å². The van der Waals surface area contributed by atoms with E-state index in [4.69, 9.17) is 11.6 Å². The first-order valence-corrected chi connectivity index (χ1v) is 6.42. The highest BCUT2D eigenvalue weighted by atomic mass is 35.5. The van der Waals surface area contributed by atoms with Crippen LogP contribution in [0.2, 0.25) is 0 Å². The van der Waals surface area contributed by atoms with Gasteiger partial charge in [-0.15, -0.1) is 16.7 Å². The Morgan fingerprint density at radius 3 is 2.80 bits per heavy atom. The molecule has 0 aliphatic heterocycles. The Morgan fingerprint density at radius 1 is 1.53 bits per heavy atom. The number of hydrogen-bond donors (Lipinski definition) is 1. The van der Waals surface area contributed by atoms with Gasteiger partial charge in [-0.2, -0.15) is 5.10 Å². The highest BCUT2D eigenvalue weighted by Crippen LogP contribution is 2.05. The molecule has 0 aromatic carbocycles. The van der Waals surface area contributed by atoms with Gasteiger partial charge in [0.2, 0.25) is 10.0 Å². The van der Waals surface area contributed by atoms with E-state index in [1.54, 1.807) is 6.92 Å². The fraction of sp³-hybridized carbons (Fsp3) is 0.571. The van der Waals surface area contributed by atoms with E-state index < -0.39 is 10.0 Å². The van der Waals surface area contributed by atoms with Crippen molar-refractivity contribution in [1.29, 1.82) is 0 Å². The fourth-order valence-corrected chi connectivity index (χ4v) is 2.45. The fourth-order valence-electron chi connectivity index (χ4n) is 0.894. The van der Waals surface area contributed by atoms with E-state index in [0.717, 1.165) is 0 Å². The Balaban J connectivity index is 2.65. The Hall–Kier alpha value is -0.950. The molecule has 1 unspecified atom stereocenters. The first-order valence-electron chi connectivity index (χ1n) is 4.23. The van der Waals surface area contributed by atoms with Crippen LogP contribution in [0.5, 0.6) is 0 Å². The number of rotatable bonds is 5. The molecule has 0 radical (unpaired) electrons. The molecule has 8 heteroatoms. The molecule has 1 N–H and O–H groups in total. The van der Waals surface area contributed by atoms with Crippen molar-refractivity contribution in [2.24, 2.45) is 5.92 Å². The van der Waals surface area contributed by atoms with Gasteiger partial charge in [0.15, 0.2) is 0 Å². The maximum Gasteiger partial charge on any atom is 0.256 e. The summed E-state index contributed by atoms with van der Waals surface area (Å²) in [5.74, 6) is 0.0731. The number of aromatic nitrogens is 3. The van der Waals surface area contributed by atoms with Gasteiger partial charge in [0, 0.05) is 5.88 Å². The summed E-state index contributed by atoms with van der Waals surface area (Å²) in [6.07, 6.45) is 2.72. The van der Waals surface area contributed by atoms with E-state index in [2.05, 4.69) is 19.9 Å². The molecular formula is C7H11ClN4O2S. The lowest BCUT2D eigenvalue weighted by Gasteiger charge is -2.08. The number of halogens is 1. The third-order valence-corrected chi connectivity index (χ3v) is 3.53.